The van der Waals surface area contributed by atoms with Crippen molar-refractivity contribution in [3.63, 3.8) is 0 Å². The maximum absolute atomic E-state index is 11.8. The molecular formula is C13H15N3O3S. The summed E-state index contributed by atoms with van der Waals surface area (Å²) in [6.07, 6.45) is 2.67. The number of aromatic nitrogens is 2. The Morgan fingerprint density at radius 3 is 2.70 bits per heavy atom. The van der Waals surface area contributed by atoms with Crippen LogP contribution in [0.1, 0.15) is 6.92 Å². The quantitative estimate of drug-likeness (QED) is 0.892. The molecule has 20 heavy (non-hydrogen) atoms. The Kier molecular flexibility index (Phi) is 3.89. The van der Waals surface area contributed by atoms with Crippen molar-refractivity contribution in [1.82, 2.24) is 10.2 Å². The van der Waals surface area contributed by atoms with E-state index in [1.54, 1.807) is 30.5 Å². The second-order valence-electron chi connectivity index (χ2n) is 4.51. The van der Waals surface area contributed by atoms with E-state index in [-0.39, 0.29) is 0 Å². The molecule has 0 radical (unpaired) electrons. The van der Waals surface area contributed by atoms with Crippen LogP contribution in [0.3, 0.4) is 0 Å². The van der Waals surface area contributed by atoms with Crippen molar-refractivity contribution in [1.29, 1.82) is 0 Å². The predicted octanol–water partition coefficient (Wildman–Crippen LogP) is 1.45. The molecule has 0 aliphatic rings. The first kappa shape index (κ1) is 14.3. The van der Waals surface area contributed by atoms with Crippen LogP contribution in [0.25, 0.3) is 11.3 Å². The Labute approximate surface area is 117 Å². The summed E-state index contributed by atoms with van der Waals surface area (Å²) in [7, 11) is -3.40. The third-order valence-electron chi connectivity index (χ3n) is 2.95. The summed E-state index contributed by atoms with van der Waals surface area (Å²) in [4.78, 5) is 11.8. The Morgan fingerprint density at radius 1 is 1.35 bits per heavy atom. The second kappa shape index (κ2) is 5.46. The molecule has 1 aromatic heterocycles. The molecule has 1 heterocycles. The zero-order chi connectivity index (χ0) is 14.8. The summed E-state index contributed by atoms with van der Waals surface area (Å²) < 4.78 is 22.7. The van der Waals surface area contributed by atoms with Crippen molar-refractivity contribution in [3.05, 3.63) is 36.5 Å². The molecule has 2 N–H and O–H groups in total. The normalized spacial score (nSPS) is 12.9. The summed E-state index contributed by atoms with van der Waals surface area (Å²) in [6.45, 7) is 1.36. The van der Waals surface area contributed by atoms with Crippen molar-refractivity contribution in [2.45, 2.75) is 12.2 Å². The van der Waals surface area contributed by atoms with E-state index >= 15 is 0 Å². The van der Waals surface area contributed by atoms with Gasteiger partial charge in [-0.25, -0.2) is 8.42 Å². The fraction of sp³-hybridized carbons (Fsp3) is 0.231. The van der Waals surface area contributed by atoms with Gasteiger partial charge in [-0.2, -0.15) is 5.10 Å². The van der Waals surface area contributed by atoms with E-state index in [4.69, 9.17) is 0 Å². The van der Waals surface area contributed by atoms with Gasteiger partial charge in [-0.05, 0) is 25.1 Å². The molecule has 0 spiro atoms. The molecule has 0 fully saturated rings. The fourth-order valence-electron chi connectivity index (χ4n) is 1.62. The summed E-state index contributed by atoms with van der Waals surface area (Å²) in [5, 5.41) is 8.19. The molecule has 2 rings (SSSR count). The first-order valence-corrected chi connectivity index (χ1v) is 7.93. The topological polar surface area (TPSA) is 91.9 Å². The molecule has 1 atom stereocenters. The van der Waals surface area contributed by atoms with Gasteiger partial charge >= 0.3 is 0 Å². The van der Waals surface area contributed by atoms with Gasteiger partial charge in [0.25, 0.3) is 0 Å². The maximum Gasteiger partial charge on any atom is 0.242 e. The lowest BCUT2D eigenvalue weighted by Gasteiger charge is -2.11. The number of H-pyrrole nitrogens is 1. The fourth-order valence-corrected chi connectivity index (χ4v) is 2.07. The number of benzene rings is 1. The van der Waals surface area contributed by atoms with Crippen LogP contribution in [-0.4, -0.2) is 36.0 Å². The molecule has 7 heteroatoms. The van der Waals surface area contributed by atoms with E-state index in [0.717, 1.165) is 17.5 Å². The Bertz CT molecular complexity index is 708. The highest BCUT2D eigenvalue weighted by Gasteiger charge is 2.23. The van der Waals surface area contributed by atoms with Crippen molar-refractivity contribution in [2.24, 2.45) is 0 Å². The van der Waals surface area contributed by atoms with Gasteiger partial charge in [0, 0.05) is 23.7 Å². The number of nitrogens with zero attached hydrogens (tertiary/aromatic N) is 1. The van der Waals surface area contributed by atoms with E-state index in [2.05, 4.69) is 15.5 Å². The Hall–Kier alpha value is -2.15. The van der Waals surface area contributed by atoms with E-state index in [9.17, 15) is 13.2 Å². The van der Waals surface area contributed by atoms with Crippen molar-refractivity contribution in [3.8, 4) is 11.3 Å². The summed E-state index contributed by atoms with van der Waals surface area (Å²) in [5.41, 5.74) is 2.21. The van der Waals surface area contributed by atoms with Crippen LogP contribution >= 0.6 is 0 Å². The molecular weight excluding hydrogens is 278 g/mol. The molecule has 1 aromatic carbocycles. The second-order valence-corrected chi connectivity index (χ2v) is 6.88. The van der Waals surface area contributed by atoms with Crippen LogP contribution in [0.15, 0.2) is 36.5 Å². The molecule has 0 saturated heterocycles. The largest absolute Gasteiger partial charge is 0.325 e. The van der Waals surface area contributed by atoms with Crippen LogP contribution in [0.4, 0.5) is 5.69 Å². The number of anilines is 1. The first-order valence-electron chi connectivity index (χ1n) is 5.97. The number of hydrogen-bond acceptors (Lipinski definition) is 4. The van der Waals surface area contributed by atoms with Crippen LogP contribution < -0.4 is 5.32 Å². The Balaban J connectivity index is 2.19. The molecule has 2 aromatic rings. The molecule has 0 aliphatic heterocycles. The molecule has 1 amide bonds. The zero-order valence-electron chi connectivity index (χ0n) is 11.1. The average Bonchev–Trinajstić information content (AvgIpc) is 2.91. The molecule has 0 bridgehead atoms. The van der Waals surface area contributed by atoms with Gasteiger partial charge in [0.2, 0.25) is 5.91 Å². The number of aromatic amines is 1. The number of carbonyl (C=O) groups excluding carboxylic acids is 1. The number of amides is 1. The average molecular weight is 293 g/mol. The van der Waals surface area contributed by atoms with Gasteiger partial charge in [0.15, 0.2) is 9.84 Å². The van der Waals surface area contributed by atoms with Gasteiger partial charge in [0.1, 0.15) is 5.25 Å². The summed E-state index contributed by atoms with van der Waals surface area (Å²) in [5.74, 6) is -0.547. The van der Waals surface area contributed by atoms with Crippen LogP contribution in [0.5, 0.6) is 0 Å². The highest BCUT2D eigenvalue weighted by Crippen LogP contribution is 2.20. The number of hydrogen-bond donors (Lipinski definition) is 2. The molecule has 0 saturated carbocycles. The molecule has 6 nitrogen and oxygen atoms in total. The minimum atomic E-state index is -3.40. The predicted molar refractivity (Wildman–Crippen MR) is 77.0 cm³/mol. The number of nitrogens with one attached hydrogen (secondary N) is 2. The maximum atomic E-state index is 11.8. The van der Waals surface area contributed by atoms with Crippen molar-refractivity contribution >= 4 is 21.4 Å². The minimum Gasteiger partial charge on any atom is -0.325 e. The molecule has 106 valence electrons. The molecule has 0 aliphatic carbocycles. The van der Waals surface area contributed by atoms with Gasteiger partial charge in [-0.15, -0.1) is 0 Å². The smallest absolute Gasteiger partial charge is 0.242 e. The first-order chi connectivity index (χ1) is 9.38. The SMILES string of the molecule is CC(C(=O)Nc1cccc(-c2ccn[nH]2)c1)S(C)(=O)=O. The lowest BCUT2D eigenvalue weighted by molar-refractivity contribution is -0.115. The van der Waals surface area contributed by atoms with E-state index in [1.165, 1.54) is 6.92 Å². The minimum absolute atomic E-state index is 0.539. The monoisotopic (exact) mass is 293 g/mol. The number of sulfone groups is 1. The van der Waals surface area contributed by atoms with Gasteiger partial charge in [-0.3, -0.25) is 9.89 Å². The highest BCUT2D eigenvalue weighted by atomic mass is 32.2. The summed E-state index contributed by atoms with van der Waals surface area (Å²) in [6, 6.07) is 8.90. The molecule has 1 unspecified atom stereocenters. The van der Waals surface area contributed by atoms with Crippen molar-refractivity contribution < 1.29 is 13.2 Å². The van der Waals surface area contributed by atoms with Crippen LogP contribution in [-0.2, 0) is 14.6 Å². The van der Waals surface area contributed by atoms with Gasteiger partial charge in [-0.1, -0.05) is 12.1 Å². The van der Waals surface area contributed by atoms with E-state index < -0.39 is 21.0 Å². The van der Waals surface area contributed by atoms with Crippen LogP contribution in [0, 0.1) is 0 Å². The summed E-state index contributed by atoms with van der Waals surface area (Å²) >= 11 is 0. The third-order valence-corrected chi connectivity index (χ3v) is 4.45. The number of carbonyl (C=O) groups is 1. The zero-order valence-corrected chi connectivity index (χ0v) is 11.9. The van der Waals surface area contributed by atoms with Gasteiger partial charge in [0.05, 0.1) is 5.69 Å². The standard InChI is InChI=1S/C13H15N3O3S/c1-9(20(2,18)19)13(17)15-11-5-3-4-10(8-11)12-6-7-14-16-12/h3-9H,1-2H3,(H,14,16)(H,15,17). The Morgan fingerprint density at radius 2 is 2.10 bits per heavy atom. The van der Waals surface area contributed by atoms with Gasteiger partial charge < -0.3 is 5.32 Å². The van der Waals surface area contributed by atoms with E-state index in [0.29, 0.717) is 5.69 Å². The van der Waals surface area contributed by atoms with Crippen molar-refractivity contribution in [2.75, 3.05) is 11.6 Å². The highest BCUT2D eigenvalue weighted by molar-refractivity contribution is 7.92. The van der Waals surface area contributed by atoms with Crippen LogP contribution in [0.2, 0.25) is 0 Å². The van der Waals surface area contributed by atoms with E-state index in [1.807, 2.05) is 6.07 Å². The lowest BCUT2D eigenvalue weighted by Crippen LogP contribution is -2.31. The number of rotatable bonds is 4. The third kappa shape index (κ3) is 3.24. The lowest BCUT2D eigenvalue weighted by atomic mass is 10.1.